The molecule has 5 heteroatoms. The first-order valence-corrected chi connectivity index (χ1v) is 4.95. The van der Waals surface area contributed by atoms with Gasteiger partial charge in [0.1, 0.15) is 5.51 Å². The van der Waals surface area contributed by atoms with Gasteiger partial charge in [0, 0.05) is 12.3 Å². The third kappa shape index (κ3) is 2.64. The summed E-state index contributed by atoms with van der Waals surface area (Å²) in [5.41, 5.74) is 7.06. The fourth-order valence-electron chi connectivity index (χ4n) is 0.503. The normalized spacial score (nSPS) is 10.1. The molecule has 0 aliphatic carbocycles. The average molecular weight is 175 g/mol. The largest absolute Gasteiger partial charge is 0.330 e. The summed E-state index contributed by atoms with van der Waals surface area (Å²) in [7, 11) is 0. The molecule has 0 aromatic carbocycles. The standard InChI is InChI=1S/C5H9N3S2/c6-1-2-9-3-5-7-4-10-8-5/h4H,1-3,6H2. The summed E-state index contributed by atoms with van der Waals surface area (Å²) in [4.78, 5) is 4.03. The zero-order chi connectivity index (χ0) is 7.23. The first-order valence-electron chi connectivity index (χ1n) is 2.96. The maximum Gasteiger partial charge on any atom is 0.152 e. The summed E-state index contributed by atoms with van der Waals surface area (Å²) >= 11 is 3.16. The van der Waals surface area contributed by atoms with Crippen molar-refractivity contribution in [1.82, 2.24) is 9.36 Å². The van der Waals surface area contributed by atoms with Crippen molar-refractivity contribution in [2.75, 3.05) is 12.3 Å². The van der Waals surface area contributed by atoms with Crippen LogP contribution in [0.4, 0.5) is 0 Å². The van der Waals surface area contributed by atoms with E-state index in [1.165, 1.54) is 11.5 Å². The zero-order valence-corrected chi connectivity index (χ0v) is 7.12. The van der Waals surface area contributed by atoms with E-state index in [0.717, 1.165) is 23.9 Å². The second-order valence-electron chi connectivity index (χ2n) is 1.69. The summed E-state index contributed by atoms with van der Waals surface area (Å²) in [6, 6.07) is 0. The van der Waals surface area contributed by atoms with E-state index in [1.807, 2.05) is 0 Å². The monoisotopic (exact) mass is 175 g/mol. The molecular formula is C5H9N3S2. The van der Waals surface area contributed by atoms with E-state index in [2.05, 4.69) is 9.36 Å². The first kappa shape index (κ1) is 7.97. The van der Waals surface area contributed by atoms with Crippen molar-refractivity contribution in [1.29, 1.82) is 0 Å². The number of rotatable bonds is 4. The van der Waals surface area contributed by atoms with E-state index in [1.54, 1.807) is 17.3 Å². The van der Waals surface area contributed by atoms with Gasteiger partial charge in [0.2, 0.25) is 0 Å². The molecule has 0 aliphatic heterocycles. The van der Waals surface area contributed by atoms with E-state index >= 15 is 0 Å². The number of thioether (sulfide) groups is 1. The minimum Gasteiger partial charge on any atom is -0.330 e. The number of nitrogens with zero attached hydrogens (tertiary/aromatic N) is 2. The Morgan fingerprint density at radius 3 is 3.20 bits per heavy atom. The van der Waals surface area contributed by atoms with Gasteiger partial charge in [0.25, 0.3) is 0 Å². The van der Waals surface area contributed by atoms with Gasteiger partial charge in [-0.05, 0) is 11.5 Å². The third-order valence-electron chi connectivity index (χ3n) is 0.900. The molecule has 1 aromatic rings. The zero-order valence-electron chi connectivity index (χ0n) is 5.49. The van der Waals surface area contributed by atoms with Crippen molar-refractivity contribution in [3.63, 3.8) is 0 Å². The van der Waals surface area contributed by atoms with Gasteiger partial charge >= 0.3 is 0 Å². The summed E-state index contributed by atoms with van der Waals surface area (Å²) < 4.78 is 4.06. The molecule has 0 atom stereocenters. The molecule has 0 aliphatic rings. The summed E-state index contributed by atoms with van der Waals surface area (Å²) in [5, 5.41) is 0. The fourth-order valence-corrected chi connectivity index (χ4v) is 1.67. The Hall–Kier alpha value is -0.130. The van der Waals surface area contributed by atoms with Gasteiger partial charge < -0.3 is 5.73 Å². The second-order valence-corrected chi connectivity index (χ2v) is 3.40. The summed E-state index contributed by atoms with van der Waals surface area (Å²) in [6.07, 6.45) is 0. The van der Waals surface area contributed by atoms with E-state index in [4.69, 9.17) is 5.73 Å². The van der Waals surface area contributed by atoms with Crippen molar-refractivity contribution in [3.8, 4) is 0 Å². The van der Waals surface area contributed by atoms with Crippen molar-refractivity contribution in [2.45, 2.75) is 5.75 Å². The molecule has 0 saturated heterocycles. The smallest absolute Gasteiger partial charge is 0.152 e. The first-order chi connectivity index (χ1) is 4.93. The Morgan fingerprint density at radius 1 is 1.70 bits per heavy atom. The Labute approximate surface area is 68.2 Å². The maximum atomic E-state index is 5.31. The summed E-state index contributed by atoms with van der Waals surface area (Å²) in [5.74, 6) is 2.79. The van der Waals surface area contributed by atoms with Crippen LogP contribution in [-0.4, -0.2) is 21.7 Å². The lowest BCUT2D eigenvalue weighted by molar-refractivity contribution is 1.12. The highest BCUT2D eigenvalue weighted by molar-refractivity contribution is 7.98. The predicted molar refractivity (Wildman–Crippen MR) is 45.1 cm³/mol. The molecule has 1 aromatic heterocycles. The van der Waals surface area contributed by atoms with E-state index in [-0.39, 0.29) is 0 Å². The molecule has 3 nitrogen and oxygen atoms in total. The SMILES string of the molecule is NCCSCc1ncsn1. The quantitative estimate of drug-likeness (QED) is 0.685. The molecule has 56 valence electrons. The van der Waals surface area contributed by atoms with Crippen molar-refractivity contribution < 1.29 is 0 Å². The van der Waals surface area contributed by atoms with Gasteiger partial charge in [0.05, 0.1) is 5.75 Å². The van der Waals surface area contributed by atoms with Crippen molar-refractivity contribution in [3.05, 3.63) is 11.3 Å². The van der Waals surface area contributed by atoms with Crippen LogP contribution in [0.1, 0.15) is 5.82 Å². The Kier molecular flexibility index (Phi) is 3.71. The van der Waals surface area contributed by atoms with Crippen LogP contribution in [0.5, 0.6) is 0 Å². The van der Waals surface area contributed by atoms with Crippen molar-refractivity contribution >= 4 is 23.3 Å². The van der Waals surface area contributed by atoms with Gasteiger partial charge in [-0.2, -0.15) is 16.1 Å². The highest BCUT2D eigenvalue weighted by Gasteiger charge is 1.94. The Bertz CT molecular complexity index is 163. The molecule has 0 amide bonds. The fraction of sp³-hybridized carbons (Fsp3) is 0.600. The second kappa shape index (κ2) is 4.65. The molecule has 0 unspecified atom stereocenters. The van der Waals surface area contributed by atoms with Gasteiger partial charge in [0.15, 0.2) is 5.82 Å². The molecule has 0 radical (unpaired) electrons. The van der Waals surface area contributed by atoms with E-state index < -0.39 is 0 Å². The maximum absolute atomic E-state index is 5.31. The molecule has 10 heavy (non-hydrogen) atoms. The minimum atomic E-state index is 0.731. The van der Waals surface area contributed by atoms with E-state index in [9.17, 15) is 0 Å². The summed E-state index contributed by atoms with van der Waals surface area (Å²) in [6.45, 7) is 0.731. The predicted octanol–water partition coefficient (Wildman–Crippen LogP) is 0.730. The molecule has 1 heterocycles. The molecule has 0 fully saturated rings. The lowest BCUT2D eigenvalue weighted by Gasteiger charge is -1.92. The van der Waals surface area contributed by atoms with Crippen molar-refractivity contribution in [2.24, 2.45) is 5.73 Å². The molecule has 2 N–H and O–H groups in total. The molecule has 0 saturated carbocycles. The number of aromatic nitrogens is 2. The molecule has 1 rings (SSSR count). The van der Waals surface area contributed by atoms with Gasteiger partial charge in [-0.25, -0.2) is 4.98 Å². The van der Waals surface area contributed by atoms with Crippen LogP contribution < -0.4 is 5.73 Å². The van der Waals surface area contributed by atoms with E-state index in [0.29, 0.717) is 0 Å². The highest BCUT2D eigenvalue weighted by Crippen LogP contribution is 2.07. The van der Waals surface area contributed by atoms with Crippen LogP contribution in [0.25, 0.3) is 0 Å². The third-order valence-corrected chi connectivity index (χ3v) is 2.40. The van der Waals surface area contributed by atoms with Crippen LogP contribution in [0, 0.1) is 0 Å². The Balaban J connectivity index is 2.15. The van der Waals surface area contributed by atoms with Gasteiger partial charge in [-0.1, -0.05) is 0 Å². The van der Waals surface area contributed by atoms with Crippen LogP contribution in [0.3, 0.4) is 0 Å². The Morgan fingerprint density at radius 2 is 2.60 bits per heavy atom. The van der Waals surface area contributed by atoms with Crippen LogP contribution in [0.2, 0.25) is 0 Å². The highest BCUT2D eigenvalue weighted by atomic mass is 32.2. The average Bonchev–Trinajstić information content (AvgIpc) is 2.41. The number of hydrogen-bond acceptors (Lipinski definition) is 5. The topological polar surface area (TPSA) is 51.8 Å². The number of nitrogens with two attached hydrogens (primary N) is 1. The van der Waals surface area contributed by atoms with Crippen LogP contribution >= 0.6 is 23.3 Å². The van der Waals surface area contributed by atoms with Crippen LogP contribution in [0.15, 0.2) is 5.51 Å². The van der Waals surface area contributed by atoms with Gasteiger partial charge in [-0.15, -0.1) is 0 Å². The lowest BCUT2D eigenvalue weighted by atomic mass is 10.7. The molecule has 0 bridgehead atoms. The van der Waals surface area contributed by atoms with Gasteiger partial charge in [-0.3, -0.25) is 0 Å². The van der Waals surface area contributed by atoms with Crippen LogP contribution in [-0.2, 0) is 5.75 Å². The lowest BCUT2D eigenvalue weighted by Crippen LogP contribution is -2.01. The minimum absolute atomic E-state index is 0.731. The molecular weight excluding hydrogens is 166 g/mol. The molecule has 0 spiro atoms. The number of hydrogen-bond donors (Lipinski definition) is 1.